The van der Waals surface area contributed by atoms with Crippen molar-refractivity contribution >= 4 is 29.5 Å². The van der Waals surface area contributed by atoms with Crippen LogP contribution >= 0.6 is 11.8 Å². The van der Waals surface area contributed by atoms with Gasteiger partial charge in [-0.25, -0.2) is 0 Å². The molecule has 0 aromatic heterocycles. The lowest BCUT2D eigenvalue weighted by Crippen LogP contribution is -2.57. The SMILES string of the molecule is CC[C@@H](CO)N1C(=O)[C@@H]2[C@H]3C(=O)OCCC/C=C\[C@@]3(C)S[C@@]23C=CCN(CCN2CCOCC2)C(=O)C13. The number of ether oxygens (including phenoxy) is 2. The number of carbonyl (C=O) groups is 3. The van der Waals surface area contributed by atoms with Crippen LogP contribution in [0.2, 0.25) is 0 Å². The van der Waals surface area contributed by atoms with Gasteiger partial charge in [-0.05, 0) is 26.2 Å². The molecule has 1 spiro atoms. The van der Waals surface area contributed by atoms with Crippen LogP contribution in [0.5, 0.6) is 0 Å². The number of cyclic esters (lactones) is 1. The summed E-state index contributed by atoms with van der Waals surface area (Å²) in [4.78, 5) is 47.8. The number of aliphatic hydroxyl groups is 1. The maximum Gasteiger partial charge on any atom is 0.311 e. The zero-order chi connectivity index (χ0) is 26.2. The van der Waals surface area contributed by atoms with E-state index in [0.29, 0.717) is 39.3 Å². The third kappa shape index (κ3) is 4.53. The number of esters is 1. The van der Waals surface area contributed by atoms with Crippen LogP contribution in [0.4, 0.5) is 0 Å². The van der Waals surface area contributed by atoms with Crippen LogP contribution in [-0.4, -0.2) is 118 Å². The molecule has 5 rings (SSSR count). The second kappa shape index (κ2) is 10.7. The molecular weight excluding hydrogens is 494 g/mol. The number of thioether (sulfide) groups is 1. The topological polar surface area (TPSA) is 99.6 Å². The van der Waals surface area contributed by atoms with Crippen LogP contribution in [0.3, 0.4) is 0 Å². The smallest absolute Gasteiger partial charge is 0.311 e. The summed E-state index contributed by atoms with van der Waals surface area (Å²) in [6.07, 6.45) is 10.2. The number of likely N-dealkylation sites (tertiary alicyclic amines) is 1. The minimum Gasteiger partial charge on any atom is -0.465 e. The van der Waals surface area contributed by atoms with E-state index < -0.39 is 33.4 Å². The summed E-state index contributed by atoms with van der Waals surface area (Å²) in [7, 11) is 0. The molecule has 0 aromatic rings. The second-order valence-electron chi connectivity index (χ2n) is 10.8. The Hall–Kier alpha value is -1.88. The van der Waals surface area contributed by atoms with Gasteiger partial charge < -0.3 is 24.4 Å². The van der Waals surface area contributed by atoms with Crippen LogP contribution in [0.1, 0.15) is 33.1 Å². The van der Waals surface area contributed by atoms with E-state index in [2.05, 4.69) is 17.1 Å². The Bertz CT molecular complexity index is 964. The van der Waals surface area contributed by atoms with Gasteiger partial charge in [-0.15, -0.1) is 11.8 Å². The molecule has 0 saturated carbocycles. The summed E-state index contributed by atoms with van der Waals surface area (Å²) in [5.74, 6) is -2.16. The van der Waals surface area contributed by atoms with Crippen LogP contribution in [0, 0.1) is 11.8 Å². The highest BCUT2D eigenvalue weighted by molar-refractivity contribution is 8.02. The number of hydrogen-bond acceptors (Lipinski definition) is 8. The zero-order valence-electron chi connectivity index (χ0n) is 21.8. The lowest BCUT2D eigenvalue weighted by atomic mass is 9.74. The summed E-state index contributed by atoms with van der Waals surface area (Å²) in [6, 6.07) is -1.28. The van der Waals surface area contributed by atoms with Crippen LogP contribution < -0.4 is 0 Å². The van der Waals surface area contributed by atoms with Crippen LogP contribution in [0.25, 0.3) is 0 Å². The molecule has 3 fully saturated rings. The van der Waals surface area contributed by atoms with Crippen molar-refractivity contribution in [1.82, 2.24) is 14.7 Å². The Morgan fingerprint density at radius 2 is 1.86 bits per heavy atom. The predicted molar refractivity (Wildman–Crippen MR) is 140 cm³/mol. The first kappa shape index (κ1) is 26.7. The minimum absolute atomic E-state index is 0.110. The van der Waals surface area contributed by atoms with Crippen LogP contribution in [0.15, 0.2) is 24.3 Å². The van der Waals surface area contributed by atoms with E-state index in [-0.39, 0.29) is 24.4 Å². The fraction of sp³-hybridized carbons (Fsp3) is 0.741. The summed E-state index contributed by atoms with van der Waals surface area (Å²) >= 11 is 1.55. The van der Waals surface area contributed by atoms with E-state index >= 15 is 0 Å². The van der Waals surface area contributed by atoms with Gasteiger partial charge in [-0.2, -0.15) is 0 Å². The normalized spacial score (nSPS) is 38.1. The third-order valence-electron chi connectivity index (χ3n) is 8.64. The molecule has 5 aliphatic rings. The second-order valence-corrected chi connectivity index (χ2v) is 12.6. The van der Waals surface area contributed by atoms with E-state index in [4.69, 9.17) is 9.47 Å². The molecule has 1 unspecified atom stereocenters. The molecule has 3 saturated heterocycles. The van der Waals surface area contributed by atoms with Crippen molar-refractivity contribution in [1.29, 1.82) is 0 Å². The monoisotopic (exact) mass is 533 g/mol. The maximum absolute atomic E-state index is 14.3. The number of allylic oxidation sites excluding steroid dienone is 1. The molecule has 37 heavy (non-hydrogen) atoms. The van der Waals surface area contributed by atoms with Gasteiger partial charge in [0, 0.05) is 37.5 Å². The van der Waals surface area contributed by atoms with Gasteiger partial charge >= 0.3 is 5.97 Å². The molecule has 9 nitrogen and oxygen atoms in total. The minimum atomic E-state index is -0.910. The average Bonchev–Trinajstić information content (AvgIpc) is 3.25. The predicted octanol–water partition coefficient (Wildman–Crippen LogP) is 1.07. The standard InChI is InChI=1S/C27H39N3O6S/c1-3-19(18-31)30-22-24(33)29(12-11-28-13-16-35-17-14-28)10-7-9-27(22)20(23(30)32)21-25(34)36-15-6-4-5-8-26(21,2)37-27/h5,7-9,19-22,31H,3-4,6,10-18H2,1-2H3/b8-5-/t19-,20-,21-,22?,26+,27-/m0/s1. The molecule has 10 heteroatoms. The fourth-order valence-corrected chi connectivity index (χ4v) is 8.86. The zero-order valence-corrected chi connectivity index (χ0v) is 22.7. The fourth-order valence-electron chi connectivity index (χ4n) is 6.72. The van der Waals surface area contributed by atoms with Crippen molar-refractivity contribution in [2.45, 2.75) is 54.7 Å². The molecule has 204 valence electrons. The summed E-state index contributed by atoms with van der Waals surface area (Å²) in [5, 5.41) is 10.2. The molecule has 0 bridgehead atoms. The Labute approximate surface area is 223 Å². The molecule has 5 heterocycles. The van der Waals surface area contributed by atoms with Gasteiger partial charge in [0.15, 0.2) is 0 Å². The Balaban J connectivity index is 1.54. The van der Waals surface area contributed by atoms with E-state index in [0.717, 1.165) is 32.5 Å². The third-order valence-corrected chi connectivity index (χ3v) is 10.4. The molecule has 5 aliphatic heterocycles. The molecule has 0 aromatic carbocycles. The molecule has 2 amide bonds. The van der Waals surface area contributed by atoms with Crippen molar-refractivity contribution in [2.24, 2.45) is 11.8 Å². The highest BCUT2D eigenvalue weighted by Crippen LogP contribution is 2.65. The van der Waals surface area contributed by atoms with E-state index in [9.17, 15) is 19.5 Å². The summed E-state index contributed by atoms with van der Waals surface area (Å²) in [5.41, 5.74) is 0. The first-order valence-electron chi connectivity index (χ1n) is 13.6. The largest absolute Gasteiger partial charge is 0.465 e. The number of carbonyl (C=O) groups excluding carboxylic acids is 3. The average molecular weight is 534 g/mol. The van der Waals surface area contributed by atoms with Crippen molar-refractivity contribution in [3.8, 4) is 0 Å². The van der Waals surface area contributed by atoms with Crippen molar-refractivity contribution in [3.63, 3.8) is 0 Å². The van der Waals surface area contributed by atoms with Gasteiger partial charge in [0.25, 0.3) is 0 Å². The van der Waals surface area contributed by atoms with Crippen molar-refractivity contribution in [3.05, 3.63) is 24.3 Å². The maximum atomic E-state index is 14.3. The number of nitrogens with zero attached hydrogens (tertiary/aromatic N) is 3. The van der Waals surface area contributed by atoms with Crippen LogP contribution in [-0.2, 0) is 23.9 Å². The quantitative estimate of drug-likeness (QED) is 0.400. The number of fused-ring (bicyclic) bond motifs is 2. The van der Waals surface area contributed by atoms with Gasteiger partial charge in [0.1, 0.15) is 6.04 Å². The first-order valence-corrected chi connectivity index (χ1v) is 14.4. The van der Waals surface area contributed by atoms with E-state index in [1.807, 2.05) is 30.9 Å². The number of morpholine rings is 1. The summed E-state index contributed by atoms with van der Waals surface area (Å²) in [6.45, 7) is 8.79. The van der Waals surface area contributed by atoms with Crippen molar-refractivity contribution < 1.29 is 29.0 Å². The first-order chi connectivity index (χ1) is 17.9. The van der Waals surface area contributed by atoms with Gasteiger partial charge in [0.05, 0.1) is 49.1 Å². The lowest BCUT2D eigenvalue weighted by molar-refractivity contribution is -0.154. The highest BCUT2D eigenvalue weighted by atomic mass is 32.2. The summed E-state index contributed by atoms with van der Waals surface area (Å²) < 4.78 is 9.53. The number of amides is 2. The lowest BCUT2D eigenvalue weighted by Gasteiger charge is -2.40. The Morgan fingerprint density at radius 3 is 2.59 bits per heavy atom. The molecule has 6 atom stereocenters. The van der Waals surface area contributed by atoms with Gasteiger partial charge in [0.2, 0.25) is 11.8 Å². The van der Waals surface area contributed by atoms with Gasteiger partial charge in [-0.3, -0.25) is 19.3 Å². The van der Waals surface area contributed by atoms with Crippen molar-refractivity contribution in [2.75, 3.05) is 59.2 Å². The molecule has 0 radical (unpaired) electrons. The Morgan fingerprint density at radius 1 is 1.08 bits per heavy atom. The molecular formula is C27H39N3O6S. The molecule has 0 aliphatic carbocycles. The molecule has 1 N–H and O–H groups in total. The highest BCUT2D eigenvalue weighted by Gasteiger charge is 2.74. The Kier molecular flexibility index (Phi) is 7.73. The number of aliphatic hydroxyl groups excluding tert-OH is 1. The number of rotatable bonds is 6. The van der Waals surface area contributed by atoms with Gasteiger partial charge in [-0.1, -0.05) is 31.2 Å². The van der Waals surface area contributed by atoms with E-state index in [1.165, 1.54) is 0 Å². The van der Waals surface area contributed by atoms with E-state index in [1.54, 1.807) is 16.7 Å². The number of hydrogen-bond donors (Lipinski definition) is 1.